The first-order valence-corrected chi connectivity index (χ1v) is 5.79. The zero-order valence-electron chi connectivity index (χ0n) is 10.5. The molecule has 6 heteroatoms. The normalized spacial score (nSPS) is 12.2. The molecule has 1 heterocycles. The van der Waals surface area contributed by atoms with Gasteiger partial charge in [0.05, 0.1) is 12.3 Å². The van der Waals surface area contributed by atoms with E-state index in [9.17, 15) is 4.39 Å². The molecule has 0 aliphatic rings. The van der Waals surface area contributed by atoms with Gasteiger partial charge in [-0.25, -0.2) is 9.37 Å². The number of nitrogens with zero attached hydrogens (tertiary/aromatic N) is 2. The molecule has 0 fully saturated rings. The van der Waals surface area contributed by atoms with Crippen LogP contribution in [0.4, 0.5) is 16.2 Å². The minimum absolute atomic E-state index is 0.0111. The van der Waals surface area contributed by atoms with Crippen molar-refractivity contribution in [3.05, 3.63) is 12.0 Å². The molecule has 1 rings (SSSR count). The van der Waals surface area contributed by atoms with Crippen LogP contribution >= 0.6 is 0 Å². The monoisotopic (exact) mass is 242 g/mol. The number of nitrogens with one attached hydrogen (secondary N) is 2. The zero-order valence-corrected chi connectivity index (χ0v) is 10.5. The molecule has 0 aliphatic carbocycles. The Kier molecular flexibility index (Phi) is 5.62. The van der Waals surface area contributed by atoms with Gasteiger partial charge in [-0.1, -0.05) is 0 Å². The van der Waals surface area contributed by atoms with Crippen molar-refractivity contribution in [2.75, 3.05) is 30.3 Å². The van der Waals surface area contributed by atoms with Crippen LogP contribution < -0.4 is 10.6 Å². The van der Waals surface area contributed by atoms with E-state index in [-0.39, 0.29) is 11.9 Å². The fourth-order valence-corrected chi connectivity index (χ4v) is 1.32. The predicted octanol–water partition coefficient (Wildman–Crippen LogP) is 1.88. The SMILES string of the molecule is CCNc1ncc(F)c(NCC(C)OCC)n1. The van der Waals surface area contributed by atoms with E-state index >= 15 is 0 Å². The standard InChI is InChI=1S/C11H19FN4O/c1-4-13-11-15-7-9(12)10(16-11)14-6-8(3)17-5-2/h7-8H,4-6H2,1-3H3,(H2,13,14,15,16). The lowest BCUT2D eigenvalue weighted by molar-refractivity contribution is 0.0854. The van der Waals surface area contributed by atoms with Crippen molar-refractivity contribution in [3.8, 4) is 0 Å². The van der Waals surface area contributed by atoms with Gasteiger partial charge in [0.2, 0.25) is 5.95 Å². The molecule has 2 N–H and O–H groups in total. The van der Waals surface area contributed by atoms with E-state index < -0.39 is 5.82 Å². The second-order valence-corrected chi connectivity index (χ2v) is 3.57. The fraction of sp³-hybridized carbons (Fsp3) is 0.636. The van der Waals surface area contributed by atoms with Crippen LogP contribution in [-0.2, 0) is 4.74 Å². The lowest BCUT2D eigenvalue weighted by Crippen LogP contribution is -2.21. The first-order chi connectivity index (χ1) is 8.17. The van der Waals surface area contributed by atoms with Crippen LogP contribution in [0.3, 0.4) is 0 Å². The van der Waals surface area contributed by atoms with E-state index in [1.165, 1.54) is 0 Å². The molecule has 0 amide bonds. The summed E-state index contributed by atoms with van der Waals surface area (Å²) in [6.45, 7) is 7.61. The molecule has 0 radical (unpaired) electrons. The van der Waals surface area contributed by atoms with Gasteiger partial charge in [0.1, 0.15) is 0 Å². The molecule has 0 saturated carbocycles. The van der Waals surface area contributed by atoms with Crippen LogP contribution in [0.15, 0.2) is 6.20 Å². The molecule has 0 aromatic carbocycles. The summed E-state index contributed by atoms with van der Waals surface area (Å²) in [5.41, 5.74) is 0. The molecule has 0 aliphatic heterocycles. The third kappa shape index (κ3) is 4.52. The molecule has 0 bridgehead atoms. The van der Waals surface area contributed by atoms with Crippen molar-refractivity contribution in [1.82, 2.24) is 9.97 Å². The molecule has 1 atom stereocenters. The number of aromatic nitrogens is 2. The van der Waals surface area contributed by atoms with Gasteiger partial charge in [-0.05, 0) is 20.8 Å². The van der Waals surface area contributed by atoms with Crippen molar-refractivity contribution < 1.29 is 9.13 Å². The van der Waals surface area contributed by atoms with Crippen LogP contribution in [0.1, 0.15) is 20.8 Å². The van der Waals surface area contributed by atoms with Crippen molar-refractivity contribution >= 4 is 11.8 Å². The average Bonchev–Trinajstić information content (AvgIpc) is 2.30. The first-order valence-electron chi connectivity index (χ1n) is 5.79. The maximum Gasteiger partial charge on any atom is 0.224 e. The van der Waals surface area contributed by atoms with Crippen LogP contribution in [0.2, 0.25) is 0 Å². The third-order valence-electron chi connectivity index (χ3n) is 2.09. The van der Waals surface area contributed by atoms with E-state index in [1.807, 2.05) is 20.8 Å². The van der Waals surface area contributed by atoms with Gasteiger partial charge in [0, 0.05) is 19.7 Å². The summed E-state index contributed by atoms with van der Waals surface area (Å²) < 4.78 is 18.7. The molecule has 17 heavy (non-hydrogen) atoms. The molecule has 0 spiro atoms. The quantitative estimate of drug-likeness (QED) is 0.764. The Hall–Kier alpha value is -1.43. The highest BCUT2D eigenvalue weighted by molar-refractivity contribution is 5.40. The zero-order chi connectivity index (χ0) is 12.7. The summed E-state index contributed by atoms with van der Waals surface area (Å²) in [6.07, 6.45) is 1.16. The first kappa shape index (κ1) is 13.6. The summed E-state index contributed by atoms with van der Waals surface area (Å²) in [6, 6.07) is 0. The van der Waals surface area contributed by atoms with Crippen molar-refractivity contribution in [3.63, 3.8) is 0 Å². The Morgan fingerprint density at radius 1 is 1.41 bits per heavy atom. The third-order valence-corrected chi connectivity index (χ3v) is 2.09. The smallest absolute Gasteiger partial charge is 0.224 e. The summed E-state index contributed by atoms with van der Waals surface area (Å²) in [5.74, 6) is 0.151. The van der Waals surface area contributed by atoms with E-state index in [4.69, 9.17) is 4.74 Å². The van der Waals surface area contributed by atoms with E-state index in [0.29, 0.717) is 25.6 Å². The number of rotatable bonds is 7. The average molecular weight is 242 g/mol. The Labute approximate surface area is 101 Å². The molecular formula is C11H19FN4O. The topological polar surface area (TPSA) is 59.1 Å². The molecular weight excluding hydrogens is 223 g/mol. The molecule has 96 valence electrons. The van der Waals surface area contributed by atoms with E-state index in [1.54, 1.807) is 0 Å². The second kappa shape index (κ2) is 7.01. The van der Waals surface area contributed by atoms with Gasteiger partial charge in [-0.15, -0.1) is 0 Å². The number of halogens is 1. The van der Waals surface area contributed by atoms with Crippen LogP contribution in [-0.4, -0.2) is 35.8 Å². The Balaban J connectivity index is 2.59. The van der Waals surface area contributed by atoms with Crippen LogP contribution in [0.25, 0.3) is 0 Å². The lowest BCUT2D eigenvalue weighted by Gasteiger charge is -2.13. The van der Waals surface area contributed by atoms with Gasteiger partial charge < -0.3 is 15.4 Å². The van der Waals surface area contributed by atoms with Gasteiger partial charge in [0.15, 0.2) is 11.6 Å². The summed E-state index contributed by atoms with van der Waals surface area (Å²) in [5, 5.41) is 5.83. The highest BCUT2D eigenvalue weighted by Crippen LogP contribution is 2.11. The summed E-state index contributed by atoms with van der Waals surface area (Å²) in [4.78, 5) is 7.85. The Morgan fingerprint density at radius 3 is 2.82 bits per heavy atom. The highest BCUT2D eigenvalue weighted by atomic mass is 19.1. The van der Waals surface area contributed by atoms with Crippen molar-refractivity contribution in [1.29, 1.82) is 0 Å². The minimum atomic E-state index is -0.463. The minimum Gasteiger partial charge on any atom is -0.377 e. The second-order valence-electron chi connectivity index (χ2n) is 3.57. The summed E-state index contributed by atoms with van der Waals surface area (Å²) >= 11 is 0. The predicted molar refractivity (Wildman–Crippen MR) is 65.7 cm³/mol. The van der Waals surface area contributed by atoms with Crippen molar-refractivity contribution in [2.24, 2.45) is 0 Å². The van der Waals surface area contributed by atoms with E-state index in [0.717, 1.165) is 6.20 Å². The number of anilines is 2. The van der Waals surface area contributed by atoms with Gasteiger partial charge in [0.25, 0.3) is 0 Å². The molecule has 1 aromatic heterocycles. The maximum atomic E-state index is 13.4. The van der Waals surface area contributed by atoms with E-state index in [2.05, 4.69) is 20.6 Å². The Morgan fingerprint density at radius 2 is 2.18 bits per heavy atom. The highest BCUT2D eigenvalue weighted by Gasteiger charge is 2.08. The molecule has 1 aromatic rings. The van der Waals surface area contributed by atoms with Crippen LogP contribution in [0.5, 0.6) is 0 Å². The molecule has 1 unspecified atom stereocenters. The van der Waals surface area contributed by atoms with Crippen LogP contribution in [0, 0.1) is 5.82 Å². The van der Waals surface area contributed by atoms with Gasteiger partial charge in [-0.2, -0.15) is 4.98 Å². The fourth-order valence-electron chi connectivity index (χ4n) is 1.32. The number of hydrogen-bond donors (Lipinski definition) is 2. The Bertz CT molecular complexity index is 348. The molecule has 0 saturated heterocycles. The van der Waals surface area contributed by atoms with Gasteiger partial charge >= 0.3 is 0 Å². The number of hydrogen-bond acceptors (Lipinski definition) is 5. The molecule has 5 nitrogen and oxygen atoms in total. The lowest BCUT2D eigenvalue weighted by atomic mass is 10.4. The van der Waals surface area contributed by atoms with Crippen molar-refractivity contribution in [2.45, 2.75) is 26.9 Å². The summed E-state index contributed by atoms with van der Waals surface area (Å²) in [7, 11) is 0. The maximum absolute atomic E-state index is 13.4. The van der Waals surface area contributed by atoms with Gasteiger partial charge in [-0.3, -0.25) is 0 Å². The largest absolute Gasteiger partial charge is 0.377 e. The number of ether oxygens (including phenoxy) is 1.